The Balaban J connectivity index is 1.86. The highest BCUT2D eigenvalue weighted by atomic mass is 19.2. The van der Waals surface area contributed by atoms with E-state index in [0.717, 1.165) is 0 Å². The first-order valence-corrected chi connectivity index (χ1v) is 10.4. The molecule has 10 heteroatoms. The summed E-state index contributed by atoms with van der Waals surface area (Å²) in [4.78, 5) is 25.3. The zero-order valence-electron chi connectivity index (χ0n) is 18.7. The number of ether oxygens (including phenoxy) is 3. The Morgan fingerprint density at radius 2 is 1.71 bits per heavy atom. The minimum atomic E-state index is -1.79. The molecule has 3 rings (SSSR count). The highest BCUT2D eigenvalue weighted by molar-refractivity contribution is 5.95. The molecule has 0 saturated heterocycles. The molecular weight excluding hydrogens is 458 g/mol. The zero-order valence-corrected chi connectivity index (χ0v) is 18.7. The minimum absolute atomic E-state index is 0.0262. The summed E-state index contributed by atoms with van der Waals surface area (Å²) in [5.41, 5.74) is -0.864. The molecule has 1 aliphatic rings. The van der Waals surface area contributed by atoms with Gasteiger partial charge in [-0.1, -0.05) is 12.2 Å². The van der Waals surface area contributed by atoms with Crippen molar-refractivity contribution in [2.24, 2.45) is 5.92 Å². The first kappa shape index (κ1) is 25.1. The molecule has 0 fully saturated rings. The fourth-order valence-corrected chi connectivity index (χ4v) is 3.94. The van der Waals surface area contributed by atoms with Crippen molar-refractivity contribution in [3.05, 3.63) is 70.8 Å². The third-order valence-electron chi connectivity index (χ3n) is 5.51. The van der Waals surface area contributed by atoms with Gasteiger partial charge in [0.2, 0.25) is 0 Å². The maximum atomic E-state index is 14.0. The number of hydrogen-bond acceptors (Lipinski definition) is 5. The summed E-state index contributed by atoms with van der Waals surface area (Å²) >= 11 is 0. The standard InChI is InChI=1S/C24H23F4NO5/c1-4-34-24(31)19(15-10-14(32-2)7-8-18(15)33-3)12-5-6-13(9-12)29-23(30)20-21(27)16(25)11-17(26)22(20)28/h5-8,10-13,19H,4,9H2,1-3H3,(H,29,30)/t12-,13-,19+/m1/s1. The molecule has 0 heterocycles. The molecule has 0 spiro atoms. The van der Waals surface area contributed by atoms with Crippen LogP contribution in [0.3, 0.4) is 0 Å². The van der Waals surface area contributed by atoms with E-state index in [1.165, 1.54) is 20.3 Å². The van der Waals surface area contributed by atoms with Crippen molar-refractivity contribution in [1.29, 1.82) is 0 Å². The molecule has 0 aromatic heterocycles. The minimum Gasteiger partial charge on any atom is -0.497 e. The lowest BCUT2D eigenvalue weighted by molar-refractivity contribution is -0.146. The number of nitrogens with one attached hydrogen (secondary N) is 1. The van der Waals surface area contributed by atoms with Crippen LogP contribution in [-0.2, 0) is 9.53 Å². The van der Waals surface area contributed by atoms with E-state index in [-0.39, 0.29) is 19.1 Å². The average Bonchev–Trinajstić information content (AvgIpc) is 3.25. The summed E-state index contributed by atoms with van der Waals surface area (Å²) in [6.45, 7) is 1.79. The zero-order chi connectivity index (χ0) is 25.0. The molecule has 0 radical (unpaired) electrons. The Kier molecular flexibility index (Phi) is 7.80. The van der Waals surface area contributed by atoms with Crippen LogP contribution in [0.4, 0.5) is 17.6 Å². The van der Waals surface area contributed by atoms with Gasteiger partial charge in [0.25, 0.3) is 5.91 Å². The molecule has 3 atom stereocenters. The number of rotatable bonds is 8. The van der Waals surface area contributed by atoms with Gasteiger partial charge in [-0.3, -0.25) is 9.59 Å². The Bertz CT molecular complexity index is 1090. The first-order chi connectivity index (χ1) is 16.2. The monoisotopic (exact) mass is 481 g/mol. The molecule has 182 valence electrons. The van der Waals surface area contributed by atoms with Gasteiger partial charge in [-0.25, -0.2) is 17.6 Å². The second kappa shape index (κ2) is 10.6. The van der Waals surface area contributed by atoms with Crippen LogP contribution >= 0.6 is 0 Å². The van der Waals surface area contributed by atoms with Gasteiger partial charge < -0.3 is 19.5 Å². The maximum Gasteiger partial charge on any atom is 0.314 e. The second-order valence-electron chi connectivity index (χ2n) is 7.55. The van der Waals surface area contributed by atoms with E-state index >= 15 is 0 Å². The normalized spacial score (nSPS) is 17.9. The van der Waals surface area contributed by atoms with E-state index in [0.29, 0.717) is 17.1 Å². The van der Waals surface area contributed by atoms with Crippen molar-refractivity contribution < 1.29 is 41.4 Å². The Labute approximate surface area is 193 Å². The summed E-state index contributed by atoms with van der Waals surface area (Å²) in [5, 5.41) is 2.34. The molecular formula is C24H23F4NO5. The van der Waals surface area contributed by atoms with Crippen molar-refractivity contribution in [2.45, 2.75) is 25.3 Å². The Hall–Kier alpha value is -3.56. The number of carbonyl (C=O) groups is 2. The summed E-state index contributed by atoms with van der Waals surface area (Å²) in [6, 6.07) is 4.21. The number of allylic oxidation sites excluding steroid dienone is 1. The molecule has 0 aliphatic heterocycles. The van der Waals surface area contributed by atoms with Gasteiger partial charge >= 0.3 is 5.97 Å². The maximum absolute atomic E-state index is 14.0. The van der Waals surface area contributed by atoms with Crippen LogP contribution in [0, 0.1) is 29.2 Å². The molecule has 1 amide bonds. The van der Waals surface area contributed by atoms with Crippen molar-refractivity contribution in [1.82, 2.24) is 5.32 Å². The van der Waals surface area contributed by atoms with E-state index in [4.69, 9.17) is 14.2 Å². The second-order valence-corrected chi connectivity index (χ2v) is 7.55. The lowest BCUT2D eigenvalue weighted by Crippen LogP contribution is -2.35. The van der Waals surface area contributed by atoms with Crippen molar-refractivity contribution in [2.75, 3.05) is 20.8 Å². The topological polar surface area (TPSA) is 73.9 Å². The predicted molar refractivity (Wildman–Crippen MR) is 114 cm³/mol. The fraction of sp³-hybridized carbons (Fsp3) is 0.333. The van der Waals surface area contributed by atoms with Gasteiger partial charge in [-0.05, 0) is 37.5 Å². The molecule has 0 saturated carbocycles. The molecule has 6 nitrogen and oxygen atoms in total. The Morgan fingerprint density at radius 3 is 2.29 bits per heavy atom. The molecule has 0 bridgehead atoms. The first-order valence-electron chi connectivity index (χ1n) is 10.4. The summed E-state index contributed by atoms with van der Waals surface area (Å²) in [5.74, 6) is -9.26. The van der Waals surface area contributed by atoms with Crippen LogP contribution in [0.1, 0.15) is 35.2 Å². The van der Waals surface area contributed by atoms with Crippen LogP contribution in [0.5, 0.6) is 11.5 Å². The number of amides is 1. The molecule has 2 aromatic rings. The molecule has 1 aliphatic carbocycles. The molecule has 0 unspecified atom stereocenters. The third-order valence-corrected chi connectivity index (χ3v) is 5.51. The number of benzene rings is 2. The lowest BCUT2D eigenvalue weighted by Gasteiger charge is -2.24. The average molecular weight is 481 g/mol. The highest BCUT2D eigenvalue weighted by Crippen LogP contribution is 2.40. The number of carbonyl (C=O) groups excluding carboxylic acids is 2. The number of hydrogen-bond donors (Lipinski definition) is 1. The van der Waals surface area contributed by atoms with Crippen LogP contribution in [0.15, 0.2) is 36.4 Å². The highest BCUT2D eigenvalue weighted by Gasteiger charge is 2.37. The van der Waals surface area contributed by atoms with Crippen LogP contribution < -0.4 is 14.8 Å². The largest absolute Gasteiger partial charge is 0.497 e. The van der Waals surface area contributed by atoms with Crippen LogP contribution in [0.25, 0.3) is 0 Å². The SMILES string of the molecule is CCOC(=O)[C@H](c1cc(OC)ccc1OC)[C@@H]1C=C[C@@H](NC(=O)c2c(F)c(F)cc(F)c2F)C1. The van der Waals surface area contributed by atoms with Gasteiger partial charge in [0.05, 0.1) is 26.7 Å². The van der Waals surface area contributed by atoms with Crippen LogP contribution in [0.2, 0.25) is 0 Å². The van der Waals surface area contributed by atoms with E-state index in [2.05, 4.69) is 5.32 Å². The number of esters is 1. The quantitative estimate of drug-likeness (QED) is 0.264. The van der Waals surface area contributed by atoms with Gasteiger partial charge in [-0.15, -0.1) is 0 Å². The lowest BCUT2D eigenvalue weighted by atomic mass is 9.84. The van der Waals surface area contributed by atoms with Gasteiger partial charge in [0.1, 0.15) is 17.1 Å². The molecule has 34 heavy (non-hydrogen) atoms. The number of halogens is 4. The molecule has 2 aromatic carbocycles. The van der Waals surface area contributed by atoms with Crippen molar-refractivity contribution in [3.8, 4) is 11.5 Å². The van der Waals surface area contributed by atoms with Crippen LogP contribution in [-0.4, -0.2) is 38.7 Å². The van der Waals surface area contributed by atoms with E-state index in [1.54, 1.807) is 31.2 Å². The van der Waals surface area contributed by atoms with Crippen molar-refractivity contribution >= 4 is 11.9 Å². The fourth-order valence-electron chi connectivity index (χ4n) is 3.94. The van der Waals surface area contributed by atoms with Gasteiger partial charge in [0, 0.05) is 17.7 Å². The number of methoxy groups -OCH3 is 2. The summed E-state index contributed by atoms with van der Waals surface area (Å²) < 4.78 is 70.9. The van der Waals surface area contributed by atoms with Crippen molar-refractivity contribution in [3.63, 3.8) is 0 Å². The Morgan fingerprint density at radius 1 is 1.03 bits per heavy atom. The molecule has 1 N–H and O–H groups in total. The smallest absolute Gasteiger partial charge is 0.314 e. The summed E-state index contributed by atoms with van der Waals surface area (Å²) in [7, 11) is 2.92. The summed E-state index contributed by atoms with van der Waals surface area (Å²) in [6.07, 6.45) is 3.34. The predicted octanol–water partition coefficient (Wildman–Crippen LogP) is 4.28. The van der Waals surface area contributed by atoms with E-state index < -0.39 is 58.6 Å². The van der Waals surface area contributed by atoms with Gasteiger partial charge in [0.15, 0.2) is 23.3 Å². The van der Waals surface area contributed by atoms with E-state index in [1.807, 2.05) is 0 Å². The van der Waals surface area contributed by atoms with E-state index in [9.17, 15) is 27.2 Å². The van der Waals surface area contributed by atoms with Gasteiger partial charge in [-0.2, -0.15) is 0 Å². The third kappa shape index (κ3) is 5.00.